The van der Waals surface area contributed by atoms with Gasteiger partial charge in [-0.15, -0.1) is 24.0 Å². The van der Waals surface area contributed by atoms with Crippen molar-refractivity contribution < 1.29 is 4.79 Å². The van der Waals surface area contributed by atoms with Gasteiger partial charge in [-0.2, -0.15) is 0 Å². The van der Waals surface area contributed by atoms with Gasteiger partial charge in [0.1, 0.15) is 0 Å². The first-order valence-corrected chi connectivity index (χ1v) is 7.62. The van der Waals surface area contributed by atoms with Gasteiger partial charge < -0.3 is 16.0 Å². The smallest absolute Gasteiger partial charge is 0.253 e. The quantitative estimate of drug-likeness (QED) is 0.328. The van der Waals surface area contributed by atoms with Crippen molar-refractivity contribution in [1.29, 1.82) is 0 Å². The van der Waals surface area contributed by atoms with Crippen molar-refractivity contribution in [2.24, 2.45) is 10.7 Å². The van der Waals surface area contributed by atoms with E-state index in [2.05, 4.69) is 16.9 Å². The number of halogens is 1. The minimum Gasteiger partial charge on any atom is -0.370 e. The number of hydrogen-bond donors (Lipinski definition) is 2. The van der Waals surface area contributed by atoms with E-state index in [0.29, 0.717) is 19.0 Å². The number of amides is 1. The maximum atomic E-state index is 12.4. The Kier molecular flexibility index (Phi) is 8.08. The summed E-state index contributed by atoms with van der Waals surface area (Å²) in [6, 6.07) is 7.61. The molecule has 0 spiro atoms. The SMILES string of the molecule is C=C(C)CNC(N)=NCc1cccc(C(=O)N2CCCC2)c1.I. The summed E-state index contributed by atoms with van der Waals surface area (Å²) in [6.07, 6.45) is 2.20. The molecule has 1 heterocycles. The standard InChI is InChI=1S/C17H24N4O.HI/c1-13(2)11-19-17(18)20-12-14-6-5-7-15(10-14)16(22)21-8-3-4-9-21;/h5-7,10H,1,3-4,8-9,11-12H2,2H3,(H3,18,19,20);1H. The zero-order valence-electron chi connectivity index (χ0n) is 13.5. The highest BCUT2D eigenvalue weighted by Crippen LogP contribution is 2.14. The lowest BCUT2D eigenvalue weighted by molar-refractivity contribution is 0.0792. The fourth-order valence-electron chi connectivity index (χ4n) is 2.38. The van der Waals surface area contributed by atoms with Crippen molar-refractivity contribution in [3.05, 3.63) is 47.5 Å². The van der Waals surface area contributed by atoms with Crippen LogP contribution < -0.4 is 11.1 Å². The van der Waals surface area contributed by atoms with Crippen LogP contribution in [0.15, 0.2) is 41.4 Å². The van der Waals surface area contributed by atoms with Gasteiger partial charge in [0, 0.05) is 25.2 Å². The number of guanidine groups is 1. The van der Waals surface area contributed by atoms with Crippen molar-refractivity contribution in [3.63, 3.8) is 0 Å². The Balaban J connectivity index is 0.00000264. The van der Waals surface area contributed by atoms with Crippen molar-refractivity contribution in [3.8, 4) is 0 Å². The molecule has 0 unspecified atom stereocenters. The first-order chi connectivity index (χ1) is 10.6. The summed E-state index contributed by atoms with van der Waals surface area (Å²) < 4.78 is 0. The van der Waals surface area contributed by atoms with Crippen molar-refractivity contribution in [2.75, 3.05) is 19.6 Å². The van der Waals surface area contributed by atoms with Gasteiger partial charge in [-0.25, -0.2) is 4.99 Å². The summed E-state index contributed by atoms with van der Waals surface area (Å²) in [6.45, 7) is 8.51. The van der Waals surface area contributed by atoms with Gasteiger partial charge in [0.05, 0.1) is 6.54 Å². The Morgan fingerprint density at radius 2 is 2.09 bits per heavy atom. The van der Waals surface area contributed by atoms with Gasteiger partial charge in [0.2, 0.25) is 0 Å². The molecule has 0 atom stereocenters. The monoisotopic (exact) mass is 428 g/mol. The van der Waals surface area contributed by atoms with E-state index < -0.39 is 0 Å². The summed E-state index contributed by atoms with van der Waals surface area (Å²) in [5, 5.41) is 2.99. The second-order valence-corrected chi connectivity index (χ2v) is 5.71. The number of nitrogens with two attached hydrogens (primary N) is 1. The number of nitrogens with zero attached hydrogens (tertiary/aromatic N) is 2. The van der Waals surface area contributed by atoms with Crippen LogP contribution in [0.5, 0.6) is 0 Å². The Morgan fingerprint density at radius 1 is 1.39 bits per heavy atom. The largest absolute Gasteiger partial charge is 0.370 e. The van der Waals surface area contributed by atoms with Crippen LogP contribution in [0.1, 0.15) is 35.7 Å². The topological polar surface area (TPSA) is 70.7 Å². The molecule has 126 valence electrons. The molecule has 0 radical (unpaired) electrons. The highest BCUT2D eigenvalue weighted by Gasteiger charge is 2.19. The normalized spacial score (nSPS) is 14.3. The van der Waals surface area contributed by atoms with Crippen LogP contribution in [0.25, 0.3) is 0 Å². The molecule has 0 bridgehead atoms. The molecule has 1 aliphatic heterocycles. The molecule has 1 amide bonds. The van der Waals surface area contributed by atoms with Crippen LogP contribution in [-0.4, -0.2) is 36.4 Å². The molecule has 0 saturated carbocycles. The molecule has 23 heavy (non-hydrogen) atoms. The number of carbonyl (C=O) groups excluding carboxylic acids is 1. The molecular weight excluding hydrogens is 403 g/mol. The molecular formula is C17H25IN4O. The van der Waals surface area contributed by atoms with Gasteiger partial charge in [-0.05, 0) is 37.5 Å². The molecule has 6 heteroatoms. The van der Waals surface area contributed by atoms with Gasteiger partial charge in [-0.3, -0.25) is 4.79 Å². The fraction of sp³-hybridized carbons (Fsp3) is 0.412. The van der Waals surface area contributed by atoms with E-state index in [-0.39, 0.29) is 29.9 Å². The number of rotatable bonds is 5. The molecule has 1 fully saturated rings. The fourth-order valence-corrected chi connectivity index (χ4v) is 2.38. The third kappa shape index (κ3) is 6.21. The summed E-state index contributed by atoms with van der Waals surface area (Å²) in [7, 11) is 0. The minimum atomic E-state index is 0. The maximum absolute atomic E-state index is 12.4. The number of benzene rings is 1. The maximum Gasteiger partial charge on any atom is 0.253 e. The average Bonchev–Trinajstić information content (AvgIpc) is 3.04. The Labute approximate surface area is 155 Å². The second-order valence-electron chi connectivity index (χ2n) is 5.71. The van der Waals surface area contributed by atoms with Crippen LogP contribution in [0.3, 0.4) is 0 Å². The van der Waals surface area contributed by atoms with E-state index in [4.69, 9.17) is 5.73 Å². The molecule has 1 saturated heterocycles. The highest BCUT2D eigenvalue weighted by atomic mass is 127. The van der Waals surface area contributed by atoms with Gasteiger partial charge in [0.25, 0.3) is 5.91 Å². The third-order valence-electron chi connectivity index (χ3n) is 3.57. The molecule has 1 aromatic rings. The lowest BCUT2D eigenvalue weighted by Gasteiger charge is -2.15. The van der Waals surface area contributed by atoms with E-state index in [9.17, 15) is 4.79 Å². The highest BCUT2D eigenvalue weighted by molar-refractivity contribution is 14.0. The predicted molar refractivity (Wildman–Crippen MR) is 105 cm³/mol. The zero-order valence-corrected chi connectivity index (χ0v) is 15.9. The Hall–Kier alpha value is -1.57. The van der Waals surface area contributed by atoms with Gasteiger partial charge >= 0.3 is 0 Å². The number of hydrogen-bond acceptors (Lipinski definition) is 2. The van der Waals surface area contributed by atoms with Crippen LogP contribution in [0, 0.1) is 0 Å². The lowest BCUT2D eigenvalue weighted by Crippen LogP contribution is -2.32. The summed E-state index contributed by atoms with van der Waals surface area (Å²) in [4.78, 5) is 18.5. The molecule has 3 N–H and O–H groups in total. The first-order valence-electron chi connectivity index (χ1n) is 7.62. The molecule has 1 aromatic carbocycles. The first kappa shape index (κ1) is 19.5. The summed E-state index contributed by atoms with van der Waals surface area (Å²) in [5.41, 5.74) is 8.49. The minimum absolute atomic E-state index is 0. The third-order valence-corrected chi connectivity index (χ3v) is 3.57. The number of nitrogens with one attached hydrogen (secondary N) is 1. The summed E-state index contributed by atoms with van der Waals surface area (Å²) in [5.74, 6) is 0.496. The van der Waals surface area contributed by atoms with E-state index in [1.54, 1.807) is 0 Å². The van der Waals surface area contributed by atoms with Crippen LogP contribution in [0.2, 0.25) is 0 Å². The number of aliphatic imine (C=N–C) groups is 1. The van der Waals surface area contributed by atoms with Crippen LogP contribution in [0.4, 0.5) is 0 Å². The van der Waals surface area contributed by atoms with Gasteiger partial charge in [-0.1, -0.05) is 24.3 Å². The molecule has 0 aliphatic carbocycles. The molecule has 0 aromatic heterocycles. The summed E-state index contributed by atoms with van der Waals surface area (Å²) >= 11 is 0. The Morgan fingerprint density at radius 3 is 2.74 bits per heavy atom. The van der Waals surface area contributed by atoms with Crippen molar-refractivity contribution in [1.82, 2.24) is 10.2 Å². The van der Waals surface area contributed by atoms with Crippen LogP contribution in [-0.2, 0) is 6.54 Å². The van der Waals surface area contributed by atoms with E-state index in [1.807, 2.05) is 36.1 Å². The van der Waals surface area contributed by atoms with E-state index >= 15 is 0 Å². The zero-order chi connectivity index (χ0) is 15.9. The van der Waals surface area contributed by atoms with Crippen molar-refractivity contribution in [2.45, 2.75) is 26.3 Å². The predicted octanol–water partition coefficient (Wildman–Crippen LogP) is 2.52. The average molecular weight is 428 g/mol. The number of carbonyl (C=O) groups is 1. The number of likely N-dealkylation sites (tertiary alicyclic amines) is 1. The molecule has 2 rings (SSSR count). The van der Waals surface area contributed by atoms with Gasteiger partial charge in [0.15, 0.2) is 5.96 Å². The van der Waals surface area contributed by atoms with E-state index in [1.165, 1.54) is 0 Å². The Bertz CT molecular complexity index is 580. The molecule has 5 nitrogen and oxygen atoms in total. The van der Waals surface area contributed by atoms with Crippen LogP contribution >= 0.6 is 24.0 Å². The van der Waals surface area contributed by atoms with Crippen molar-refractivity contribution >= 4 is 35.8 Å². The van der Waals surface area contributed by atoms with E-state index in [0.717, 1.165) is 42.6 Å². The lowest BCUT2D eigenvalue weighted by atomic mass is 10.1. The molecule has 1 aliphatic rings. The second kappa shape index (κ2) is 9.54.